The van der Waals surface area contributed by atoms with Crippen molar-refractivity contribution in [2.75, 3.05) is 12.8 Å². The molecule has 0 aromatic heterocycles. The Morgan fingerprint density at radius 3 is 2.52 bits per heavy atom. The van der Waals surface area contributed by atoms with Gasteiger partial charge in [0.15, 0.2) is 0 Å². The summed E-state index contributed by atoms with van der Waals surface area (Å²) >= 11 is 12.3. The molecule has 0 fully saturated rings. The molecule has 0 aliphatic carbocycles. The number of nitrogens with two attached hydrogens (primary N) is 1. The average Bonchev–Trinajstić information content (AvgIpc) is 2.42. The first kappa shape index (κ1) is 15.7. The number of carbonyl (C=O) groups excluding carboxylic acids is 1. The Bertz CT molecular complexity index is 686. The van der Waals surface area contributed by atoms with Gasteiger partial charge in [0.25, 0.3) is 5.91 Å². The summed E-state index contributed by atoms with van der Waals surface area (Å²) in [7, 11) is 1.71. The molecule has 0 radical (unpaired) electrons. The molecule has 0 aliphatic rings. The van der Waals surface area contributed by atoms with E-state index in [0.717, 1.165) is 11.1 Å². The number of carbonyl (C=O) groups is 1. The lowest BCUT2D eigenvalue weighted by Crippen LogP contribution is -2.26. The van der Waals surface area contributed by atoms with Gasteiger partial charge in [-0.15, -0.1) is 0 Å². The van der Waals surface area contributed by atoms with Gasteiger partial charge in [-0.1, -0.05) is 29.3 Å². The fourth-order valence-corrected chi connectivity index (χ4v) is 2.54. The lowest BCUT2D eigenvalue weighted by atomic mass is 10.1. The van der Waals surface area contributed by atoms with Crippen LogP contribution in [0.2, 0.25) is 10.0 Å². The Morgan fingerprint density at radius 2 is 1.86 bits per heavy atom. The average molecular weight is 323 g/mol. The van der Waals surface area contributed by atoms with Crippen LogP contribution >= 0.6 is 23.2 Å². The SMILES string of the molecule is Cc1ccc(C(=O)N(C)Cc2cc(N)ccc2Cl)c(Cl)c1. The van der Waals surface area contributed by atoms with E-state index < -0.39 is 0 Å². The van der Waals surface area contributed by atoms with Crippen LogP contribution in [0.15, 0.2) is 36.4 Å². The normalized spacial score (nSPS) is 10.5. The highest BCUT2D eigenvalue weighted by Gasteiger charge is 2.16. The standard InChI is InChI=1S/C16H16Cl2N2O/c1-10-3-5-13(15(18)7-10)16(21)20(2)9-11-8-12(19)4-6-14(11)17/h3-8H,9,19H2,1-2H3. The molecule has 2 N–H and O–H groups in total. The zero-order chi connectivity index (χ0) is 15.6. The van der Waals surface area contributed by atoms with Crippen molar-refractivity contribution >= 4 is 34.8 Å². The third-order valence-electron chi connectivity index (χ3n) is 3.18. The van der Waals surface area contributed by atoms with E-state index in [4.69, 9.17) is 28.9 Å². The number of nitrogen functional groups attached to an aromatic ring is 1. The first-order valence-corrected chi connectivity index (χ1v) is 7.19. The summed E-state index contributed by atoms with van der Waals surface area (Å²) in [5.41, 5.74) is 8.65. The summed E-state index contributed by atoms with van der Waals surface area (Å²) in [6.07, 6.45) is 0. The van der Waals surface area contributed by atoms with Gasteiger partial charge < -0.3 is 10.6 Å². The first-order chi connectivity index (χ1) is 9.88. The summed E-state index contributed by atoms with van der Waals surface area (Å²) in [4.78, 5) is 14.0. The van der Waals surface area contributed by atoms with Crippen molar-refractivity contribution in [3.63, 3.8) is 0 Å². The number of halogens is 2. The molecule has 0 bridgehead atoms. The van der Waals surface area contributed by atoms with Crippen molar-refractivity contribution in [3.05, 3.63) is 63.1 Å². The number of hydrogen-bond donors (Lipinski definition) is 1. The van der Waals surface area contributed by atoms with Crippen molar-refractivity contribution in [2.24, 2.45) is 0 Å². The quantitative estimate of drug-likeness (QED) is 0.862. The number of hydrogen-bond acceptors (Lipinski definition) is 2. The molecule has 3 nitrogen and oxygen atoms in total. The van der Waals surface area contributed by atoms with Crippen molar-refractivity contribution < 1.29 is 4.79 Å². The van der Waals surface area contributed by atoms with Crippen molar-refractivity contribution in [2.45, 2.75) is 13.5 Å². The van der Waals surface area contributed by atoms with Crippen LogP contribution in [0.3, 0.4) is 0 Å². The minimum absolute atomic E-state index is 0.154. The van der Waals surface area contributed by atoms with E-state index in [2.05, 4.69) is 0 Å². The highest BCUT2D eigenvalue weighted by Crippen LogP contribution is 2.23. The predicted octanol–water partition coefficient (Wildman–Crippen LogP) is 4.16. The van der Waals surface area contributed by atoms with Crippen LogP contribution < -0.4 is 5.73 Å². The molecule has 0 saturated heterocycles. The number of amides is 1. The number of benzene rings is 2. The number of rotatable bonds is 3. The van der Waals surface area contributed by atoms with Crippen LogP contribution in [0.5, 0.6) is 0 Å². The highest BCUT2D eigenvalue weighted by atomic mass is 35.5. The van der Waals surface area contributed by atoms with Crippen molar-refractivity contribution in [1.29, 1.82) is 0 Å². The smallest absolute Gasteiger partial charge is 0.255 e. The molecular formula is C16H16Cl2N2O. The predicted molar refractivity (Wildman–Crippen MR) is 87.9 cm³/mol. The van der Waals surface area contributed by atoms with Gasteiger partial charge in [0.1, 0.15) is 0 Å². The molecule has 1 amide bonds. The molecule has 5 heteroatoms. The third-order valence-corrected chi connectivity index (χ3v) is 3.86. The minimum Gasteiger partial charge on any atom is -0.399 e. The third kappa shape index (κ3) is 3.69. The molecule has 21 heavy (non-hydrogen) atoms. The maximum atomic E-state index is 12.4. The van der Waals surface area contributed by atoms with Gasteiger partial charge >= 0.3 is 0 Å². The molecule has 0 atom stereocenters. The first-order valence-electron chi connectivity index (χ1n) is 6.44. The van der Waals surface area contributed by atoms with Gasteiger partial charge in [-0.3, -0.25) is 4.79 Å². The summed E-state index contributed by atoms with van der Waals surface area (Å²) in [5, 5.41) is 1.03. The van der Waals surface area contributed by atoms with Gasteiger partial charge in [-0.05, 0) is 48.4 Å². The van der Waals surface area contributed by atoms with E-state index in [0.29, 0.717) is 27.8 Å². The summed E-state index contributed by atoms with van der Waals surface area (Å²) in [6.45, 7) is 2.29. The van der Waals surface area contributed by atoms with Crippen molar-refractivity contribution in [1.82, 2.24) is 4.90 Å². The second-order valence-electron chi connectivity index (χ2n) is 5.00. The molecule has 0 heterocycles. The monoisotopic (exact) mass is 322 g/mol. The van der Waals surface area contributed by atoms with E-state index in [1.54, 1.807) is 42.3 Å². The van der Waals surface area contributed by atoms with Gasteiger partial charge in [0.05, 0.1) is 10.6 Å². The van der Waals surface area contributed by atoms with Crippen LogP contribution in [-0.4, -0.2) is 17.9 Å². The molecule has 0 aliphatic heterocycles. The second kappa shape index (κ2) is 6.37. The van der Waals surface area contributed by atoms with Crippen LogP contribution in [0.4, 0.5) is 5.69 Å². The van der Waals surface area contributed by atoms with Gasteiger partial charge in [-0.25, -0.2) is 0 Å². The molecule has 110 valence electrons. The summed E-state index contributed by atoms with van der Waals surface area (Å²) in [6, 6.07) is 10.6. The fraction of sp³-hybridized carbons (Fsp3) is 0.188. The zero-order valence-corrected chi connectivity index (χ0v) is 13.4. The Balaban J connectivity index is 2.21. The van der Waals surface area contributed by atoms with E-state index in [1.165, 1.54) is 0 Å². The van der Waals surface area contributed by atoms with Crippen LogP contribution in [-0.2, 0) is 6.54 Å². The molecule has 2 aromatic carbocycles. The largest absolute Gasteiger partial charge is 0.399 e. The number of aryl methyl sites for hydroxylation is 1. The van der Waals surface area contributed by atoms with E-state index >= 15 is 0 Å². The maximum Gasteiger partial charge on any atom is 0.255 e. The number of anilines is 1. The Labute approximate surface area is 134 Å². The van der Waals surface area contributed by atoms with E-state index in [-0.39, 0.29) is 5.91 Å². The lowest BCUT2D eigenvalue weighted by Gasteiger charge is -2.19. The Hall–Kier alpha value is -1.71. The maximum absolute atomic E-state index is 12.4. The van der Waals surface area contributed by atoms with Gasteiger partial charge in [0.2, 0.25) is 0 Å². The number of nitrogens with zero attached hydrogens (tertiary/aromatic N) is 1. The summed E-state index contributed by atoms with van der Waals surface area (Å²) < 4.78 is 0. The van der Waals surface area contributed by atoms with E-state index in [9.17, 15) is 4.79 Å². The Kier molecular flexibility index (Phi) is 4.76. The van der Waals surface area contributed by atoms with Gasteiger partial charge in [-0.2, -0.15) is 0 Å². The zero-order valence-electron chi connectivity index (χ0n) is 11.9. The molecule has 2 aromatic rings. The highest BCUT2D eigenvalue weighted by molar-refractivity contribution is 6.34. The molecule has 0 unspecified atom stereocenters. The van der Waals surface area contributed by atoms with E-state index in [1.807, 2.05) is 13.0 Å². The molecular weight excluding hydrogens is 307 g/mol. The summed E-state index contributed by atoms with van der Waals surface area (Å²) in [5.74, 6) is -0.154. The van der Waals surface area contributed by atoms with Crippen LogP contribution in [0, 0.1) is 6.92 Å². The second-order valence-corrected chi connectivity index (χ2v) is 5.81. The molecule has 0 spiro atoms. The molecule has 2 rings (SSSR count). The van der Waals surface area contributed by atoms with Crippen LogP contribution in [0.1, 0.15) is 21.5 Å². The topological polar surface area (TPSA) is 46.3 Å². The van der Waals surface area contributed by atoms with Gasteiger partial charge in [0, 0.05) is 24.3 Å². The Morgan fingerprint density at radius 1 is 1.14 bits per heavy atom. The van der Waals surface area contributed by atoms with Crippen LogP contribution in [0.25, 0.3) is 0 Å². The lowest BCUT2D eigenvalue weighted by molar-refractivity contribution is 0.0785. The minimum atomic E-state index is -0.154. The molecule has 0 saturated carbocycles. The van der Waals surface area contributed by atoms with Crippen molar-refractivity contribution in [3.8, 4) is 0 Å². The fourth-order valence-electron chi connectivity index (χ4n) is 2.04.